The van der Waals surface area contributed by atoms with Crippen molar-refractivity contribution in [2.24, 2.45) is 0 Å². The second-order valence-corrected chi connectivity index (χ2v) is 5.44. The molecule has 1 aromatic rings. The van der Waals surface area contributed by atoms with E-state index in [0.29, 0.717) is 13.1 Å². The standard InChI is InChI=1S/C14H24N2O3/c1-14(2,3)19-13(17)16(9-6-8-15-4)11-12-7-5-10-18-12/h5,7,10,15H,6,8-9,11H2,1-4H3. The second kappa shape index (κ2) is 7.19. The number of ether oxygens (including phenoxy) is 1. The largest absolute Gasteiger partial charge is 0.467 e. The van der Waals surface area contributed by atoms with E-state index in [2.05, 4.69) is 5.32 Å². The highest BCUT2D eigenvalue weighted by Gasteiger charge is 2.22. The number of rotatable bonds is 6. The van der Waals surface area contributed by atoms with Crippen molar-refractivity contribution in [3.8, 4) is 0 Å². The number of hydrogen-bond donors (Lipinski definition) is 1. The zero-order valence-corrected chi connectivity index (χ0v) is 12.2. The fourth-order valence-corrected chi connectivity index (χ4v) is 1.60. The smallest absolute Gasteiger partial charge is 0.410 e. The van der Waals surface area contributed by atoms with Gasteiger partial charge in [0.2, 0.25) is 0 Å². The first kappa shape index (κ1) is 15.6. The lowest BCUT2D eigenvalue weighted by atomic mass is 10.2. The zero-order chi connectivity index (χ0) is 14.3. The SMILES string of the molecule is CNCCCN(Cc1ccco1)C(=O)OC(C)(C)C. The number of hydrogen-bond acceptors (Lipinski definition) is 4. The minimum atomic E-state index is -0.485. The molecule has 1 N–H and O–H groups in total. The molecular formula is C14H24N2O3. The van der Waals surface area contributed by atoms with E-state index >= 15 is 0 Å². The number of nitrogens with zero attached hydrogens (tertiary/aromatic N) is 1. The molecule has 19 heavy (non-hydrogen) atoms. The van der Waals surface area contributed by atoms with Gasteiger partial charge in [0.25, 0.3) is 0 Å². The fraction of sp³-hybridized carbons (Fsp3) is 0.643. The normalized spacial score (nSPS) is 11.4. The van der Waals surface area contributed by atoms with Crippen molar-refractivity contribution in [1.29, 1.82) is 0 Å². The van der Waals surface area contributed by atoms with Crippen molar-refractivity contribution in [2.45, 2.75) is 39.3 Å². The Bertz CT molecular complexity index is 369. The molecule has 0 saturated heterocycles. The van der Waals surface area contributed by atoms with E-state index in [1.165, 1.54) is 0 Å². The van der Waals surface area contributed by atoms with Crippen LogP contribution < -0.4 is 5.32 Å². The second-order valence-electron chi connectivity index (χ2n) is 5.44. The Hall–Kier alpha value is -1.49. The van der Waals surface area contributed by atoms with Crippen molar-refractivity contribution < 1.29 is 13.9 Å². The minimum absolute atomic E-state index is 0.306. The summed E-state index contributed by atoms with van der Waals surface area (Å²) in [6.45, 7) is 7.52. The summed E-state index contributed by atoms with van der Waals surface area (Å²) >= 11 is 0. The topological polar surface area (TPSA) is 54.7 Å². The quantitative estimate of drug-likeness (QED) is 0.806. The van der Waals surface area contributed by atoms with Crippen LogP contribution in [0.5, 0.6) is 0 Å². The average Bonchev–Trinajstić information content (AvgIpc) is 2.78. The summed E-state index contributed by atoms with van der Waals surface area (Å²) in [5.41, 5.74) is -0.485. The third-order valence-electron chi connectivity index (χ3n) is 2.43. The molecule has 0 aliphatic carbocycles. The lowest BCUT2D eigenvalue weighted by Crippen LogP contribution is -2.37. The Morgan fingerprint density at radius 1 is 1.47 bits per heavy atom. The maximum atomic E-state index is 12.1. The van der Waals surface area contributed by atoms with Gasteiger partial charge in [-0.1, -0.05) is 0 Å². The van der Waals surface area contributed by atoms with E-state index in [0.717, 1.165) is 18.7 Å². The molecule has 0 spiro atoms. The summed E-state index contributed by atoms with van der Waals surface area (Å²) < 4.78 is 10.7. The van der Waals surface area contributed by atoms with E-state index in [1.807, 2.05) is 40.0 Å². The summed E-state index contributed by atoms with van der Waals surface area (Å²) in [4.78, 5) is 13.8. The van der Waals surface area contributed by atoms with Crippen LogP contribution >= 0.6 is 0 Å². The Kier molecular flexibility index (Phi) is 5.89. The number of carbonyl (C=O) groups is 1. The molecule has 1 heterocycles. The molecule has 0 atom stereocenters. The molecule has 0 aliphatic heterocycles. The van der Waals surface area contributed by atoms with E-state index in [4.69, 9.17) is 9.15 Å². The molecule has 0 bridgehead atoms. The van der Waals surface area contributed by atoms with Crippen LogP contribution in [0.3, 0.4) is 0 Å². The lowest BCUT2D eigenvalue weighted by Gasteiger charge is -2.26. The van der Waals surface area contributed by atoms with Gasteiger partial charge in [0.05, 0.1) is 12.8 Å². The van der Waals surface area contributed by atoms with Crippen LogP contribution in [-0.2, 0) is 11.3 Å². The summed E-state index contributed by atoms with van der Waals surface area (Å²) in [5.74, 6) is 0.760. The van der Waals surface area contributed by atoms with Crippen LogP contribution in [0.2, 0.25) is 0 Å². The third kappa shape index (κ3) is 6.29. The van der Waals surface area contributed by atoms with E-state index < -0.39 is 5.60 Å². The number of furan rings is 1. The van der Waals surface area contributed by atoms with Gasteiger partial charge in [-0.05, 0) is 52.9 Å². The summed E-state index contributed by atoms with van der Waals surface area (Å²) in [6, 6.07) is 3.67. The Morgan fingerprint density at radius 2 is 2.21 bits per heavy atom. The van der Waals surface area contributed by atoms with Crippen molar-refractivity contribution >= 4 is 6.09 Å². The maximum Gasteiger partial charge on any atom is 0.410 e. The summed E-state index contributed by atoms with van der Waals surface area (Å²) in [6.07, 6.45) is 2.17. The number of carbonyl (C=O) groups excluding carboxylic acids is 1. The molecule has 0 aliphatic rings. The van der Waals surface area contributed by atoms with Crippen LogP contribution in [-0.4, -0.2) is 36.7 Å². The van der Waals surface area contributed by atoms with E-state index in [1.54, 1.807) is 11.2 Å². The summed E-state index contributed by atoms with van der Waals surface area (Å²) in [5, 5.41) is 3.07. The van der Waals surface area contributed by atoms with Crippen LogP contribution in [0.1, 0.15) is 33.0 Å². The van der Waals surface area contributed by atoms with Gasteiger partial charge in [0, 0.05) is 6.54 Å². The molecule has 0 aromatic carbocycles. The van der Waals surface area contributed by atoms with Crippen LogP contribution in [0.25, 0.3) is 0 Å². The maximum absolute atomic E-state index is 12.1. The molecule has 0 radical (unpaired) electrons. The Morgan fingerprint density at radius 3 is 2.74 bits per heavy atom. The van der Waals surface area contributed by atoms with Crippen molar-refractivity contribution in [1.82, 2.24) is 10.2 Å². The predicted octanol–water partition coefficient (Wildman–Crippen LogP) is 2.63. The van der Waals surface area contributed by atoms with E-state index in [-0.39, 0.29) is 6.09 Å². The summed E-state index contributed by atoms with van der Waals surface area (Å²) in [7, 11) is 1.89. The van der Waals surface area contributed by atoms with Crippen molar-refractivity contribution in [2.75, 3.05) is 20.1 Å². The first-order chi connectivity index (χ1) is 8.92. The molecule has 0 fully saturated rings. The highest BCUT2D eigenvalue weighted by molar-refractivity contribution is 5.68. The van der Waals surface area contributed by atoms with Gasteiger partial charge in [-0.3, -0.25) is 0 Å². The highest BCUT2D eigenvalue weighted by atomic mass is 16.6. The predicted molar refractivity (Wildman–Crippen MR) is 73.9 cm³/mol. The minimum Gasteiger partial charge on any atom is -0.467 e. The fourth-order valence-electron chi connectivity index (χ4n) is 1.60. The van der Waals surface area contributed by atoms with Gasteiger partial charge in [-0.2, -0.15) is 0 Å². The van der Waals surface area contributed by atoms with Crippen LogP contribution in [0, 0.1) is 0 Å². The lowest BCUT2D eigenvalue weighted by molar-refractivity contribution is 0.0219. The molecule has 108 valence electrons. The van der Waals surface area contributed by atoms with Gasteiger partial charge in [-0.15, -0.1) is 0 Å². The van der Waals surface area contributed by atoms with Gasteiger partial charge >= 0.3 is 6.09 Å². The molecule has 1 rings (SSSR count). The Labute approximate surface area is 114 Å². The first-order valence-corrected chi connectivity index (χ1v) is 6.57. The molecular weight excluding hydrogens is 244 g/mol. The van der Waals surface area contributed by atoms with E-state index in [9.17, 15) is 4.79 Å². The molecule has 1 amide bonds. The van der Waals surface area contributed by atoms with Crippen LogP contribution in [0.4, 0.5) is 4.79 Å². The zero-order valence-electron chi connectivity index (χ0n) is 12.2. The molecule has 5 nitrogen and oxygen atoms in total. The Balaban J connectivity index is 2.60. The number of nitrogens with one attached hydrogen (secondary N) is 1. The van der Waals surface area contributed by atoms with Gasteiger partial charge in [0.1, 0.15) is 11.4 Å². The van der Waals surface area contributed by atoms with Gasteiger partial charge in [-0.25, -0.2) is 4.79 Å². The average molecular weight is 268 g/mol. The first-order valence-electron chi connectivity index (χ1n) is 6.57. The van der Waals surface area contributed by atoms with Gasteiger partial charge in [0.15, 0.2) is 0 Å². The molecule has 0 saturated carbocycles. The van der Waals surface area contributed by atoms with Crippen molar-refractivity contribution in [3.05, 3.63) is 24.2 Å². The van der Waals surface area contributed by atoms with Gasteiger partial charge < -0.3 is 19.4 Å². The third-order valence-corrected chi connectivity index (χ3v) is 2.43. The molecule has 1 aromatic heterocycles. The van der Waals surface area contributed by atoms with Crippen molar-refractivity contribution in [3.63, 3.8) is 0 Å². The monoisotopic (exact) mass is 268 g/mol. The molecule has 5 heteroatoms. The number of amides is 1. The molecule has 0 unspecified atom stereocenters. The highest BCUT2D eigenvalue weighted by Crippen LogP contribution is 2.13. The van der Waals surface area contributed by atoms with Crippen LogP contribution in [0.15, 0.2) is 22.8 Å².